The maximum Gasteiger partial charge on any atom is 0.416 e. The summed E-state index contributed by atoms with van der Waals surface area (Å²) in [5.74, 6) is 1.18. The van der Waals surface area contributed by atoms with Crippen LogP contribution in [-0.4, -0.2) is 25.0 Å². The number of hydrogen-bond acceptors (Lipinski definition) is 6. The number of ether oxygens (including phenoxy) is 2. The second-order valence-corrected chi connectivity index (χ2v) is 8.18. The fourth-order valence-electron chi connectivity index (χ4n) is 2.98. The molecule has 0 bridgehead atoms. The zero-order valence-electron chi connectivity index (χ0n) is 18.7. The van der Waals surface area contributed by atoms with Crippen molar-refractivity contribution in [3.63, 3.8) is 0 Å². The van der Waals surface area contributed by atoms with Crippen LogP contribution in [0.3, 0.4) is 0 Å². The third kappa shape index (κ3) is 6.54. The second kappa shape index (κ2) is 11.1. The van der Waals surface area contributed by atoms with Crippen LogP contribution >= 0.6 is 11.8 Å². The van der Waals surface area contributed by atoms with E-state index in [0.29, 0.717) is 27.7 Å². The van der Waals surface area contributed by atoms with Crippen LogP contribution in [0.25, 0.3) is 0 Å². The van der Waals surface area contributed by atoms with E-state index in [4.69, 9.17) is 14.3 Å². The molecule has 0 aliphatic rings. The monoisotopic (exact) mass is 489 g/mol. The van der Waals surface area contributed by atoms with Crippen LogP contribution in [0, 0.1) is 0 Å². The van der Waals surface area contributed by atoms with E-state index in [9.17, 15) is 18.0 Å². The Morgan fingerprint density at radius 3 is 2.26 bits per heavy atom. The van der Waals surface area contributed by atoms with Crippen molar-refractivity contribution in [1.29, 1.82) is 0 Å². The van der Waals surface area contributed by atoms with Gasteiger partial charge in [-0.25, -0.2) is 0 Å². The topological polar surface area (TPSA) is 57.1 Å². The van der Waals surface area contributed by atoms with Gasteiger partial charge in [0.1, 0.15) is 6.61 Å². The van der Waals surface area contributed by atoms with E-state index in [1.165, 1.54) is 12.1 Å². The summed E-state index contributed by atoms with van der Waals surface area (Å²) < 4.78 is 48.6. The van der Waals surface area contributed by atoms with E-state index < -0.39 is 11.7 Å². The van der Waals surface area contributed by atoms with Crippen LogP contribution in [0.5, 0.6) is 11.5 Å². The molecule has 5 nitrogen and oxygen atoms in total. The highest BCUT2D eigenvalue weighted by Gasteiger charge is 2.30. The highest BCUT2D eigenvalue weighted by Crippen LogP contribution is 2.32. The zero-order chi connectivity index (χ0) is 24.7. The van der Waals surface area contributed by atoms with Crippen LogP contribution in [0.2, 0.25) is 0 Å². The minimum Gasteiger partial charge on any atom is -0.493 e. The molecule has 0 unspecified atom stereocenters. The third-order valence-electron chi connectivity index (χ3n) is 4.79. The minimum absolute atomic E-state index is 0.136. The molecule has 3 rings (SSSR count). The predicted molar refractivity (Wildman–Crippen MR) is 125 cm³/mol. The molecule has 0 atom stereocenters. The summed E-state index contributed by atoms with van der Waals surface area (Å²) in [6, 6.07) is 16.7. The van der Waals surface area contributed by atoms with Gasteiger partial charge in [-0.05, 0) is 72.8 Å². The number of halogens is 3. The van der Waals surface area contributed by atoms with Crippen LogP contribution in [0.4, 0.5) is 13.2 Å². The van der Waals surface area contributed by atoms with Crippen molar-refractivity contribution in [3.05, 3.63) is 89.0 Å². The van der Waals surface area contributed by atoms with Gasteiger partial charge in [0, 0.05) is 16.0 Å². The lowest BCUT2D eigenvalue weighted by atomic mass is 10.1. The molecule has 0 amide bonds. The lowest BCUT2D eigenvalue weighted by molar-refractivity contribution is -0.137. The first-order valence-electron chi connectivity index (χ1n) is 10.1. The normalized spacial score (nSPS) is 11.8. The molecule has 178 valence electrons. The van der Waals surface area contributed by atoms with Gasteiger partial charge >= 0.3 is 6.18 Å². The van der Waals surface area contributed by atoms with Gasteiger partial charge in [0.15, 0.2) is 11.5 Å². The molecule has 9 heteroatoms. The molecule has 0 fully saturated rings. The van der Waals surface area contributed by atoms with Crippen molar-refractivity contribution in [2.24, 2.45) is 5.16 Å². The summed E-state index contributed by atoms with van der Waals surface area (Å²) in [6.07, 6.45) is -4.41. The number of oxime groups is 1. The van der Waals surface area contributed by atoms with Gasteiger partial charge in [-0.1, -0.05) is 23.4 Å². The number of nitrogens with zero attached hydrogens (tertiary/aromatic N) is 1. The summed E-state index contributed by atoms with van der Waals surface area (Å²) >= 11 is 0.860. The van der Waals surface area contributed by atoms with Crippen LogP contribution in [0.15, 0.2) is 76.8 Å². The number of carbonyl (C=O) groups is 1. The van der Waals surface area contributed by atoms with Gasteiger partial charge < -0.3 is 14.3 Å². The van der Waals surface area contributed by atoms with Crippen molar-refractivity contribution in [2.75, 3.05) is 14.2 Å². The van der Waals surface area contributed by atoms with Gasteiger partial charge in [-0.15, -0.1) is 0 Å². The summed E-state index contributed by atoms with van der Waals surface area (Å²) in [5.41, 5.74) is 1.81. The lowest BCUT2D eigenvalue weighted by Gasteiger charge is -2.09. The maximum atomic E-state index is 12.7. The predicted octanol–water partition coefficient (Wildman–Crippen LogP) is 6.60. The number of thioether (sulfide) groups is 1. The average molecular weight is 490 g/mol. The van der Waals surface area contributed by atoms with E-state index in [-0.39, 0.29) is 11.7 Å². The van der Waals surface area contributed by atoms with Crippen molar-refractivity contribution in [1.82, 2.24) is 0 Å². The largest absolute Gasteiger partial charge is 0.493 e. The van der Waals surface area contributed by atoms with E-state index >= 15 is 0 Å². The highest BCUT2D eigenvalue weighted by molar-refractivity contribution is 8.14. The Balaban J connectivity index is 1.62. The first kappa shape index (κ1) is 25.2. The maximum absolute atomic E-state index is 12.7. The molecule has 0 aliphatic heterocycles. The van der Waals surface area contributed by atoms with E-state index in [1.54, 1.807) is 57.5 Å². The minimum atomic E-state index is -4.41. The van der Waals surface area contributed by atoms with E-state index in [0.717, 1.165) is 35.0 Å². The summed E-state index contributed by atoms with van der Waals surface area (Å²) in [6.45, 7) is 1.93. The Morgan fingerprint density at radius 1 is 0.912 bits per heavy atom. The van der Waals surface area contributed by atoms with Crippen molar-refractivity contribution in [2.45, 2.75) is 24.6 Å². The molecule has 0 N–H and O–H groups in total. The molecule has 0 aliphatic carbocycles. The first-order valence-corrected chi connectivity index (χ1v) is 10.9. The second-order valence-electron chi connectivity index (χ2n) is 7.13. The summed E-state index contributed by atoms with van der Waals surface area (Å²) in [5, 5.41) is 3.84. The Morgan fingerprint density at radius 2 is 1.62 bits per heavy atom. The third-order valence-corrected chi connectivity index (χ3v) is 5.72. The Kier molecular flexibility index (Phi) is 8.22. The van der Waals surface area contributed by atoms with E-state index in [2.05, 4.69) is 5.16 Å². The van der Waals surface area contributed by atoms with Crippen LogP contribution < -0.4 is 9.47 Å². The number of alkyl halides is 3. The number of hydrogen-bond donors (Lipinski definition) is 0. The Bertz CT molecular complexity index is 1180. The number of carbonyl (C=O) groups excluding carboxylic acids is 1. The van der Waals surface area contributed by atoms with Crippen LogP contribution in [-0.2, 0) is 17.6 Å². The Labute approximate surface area is 199 Å². The molecule has 3 aromatic carbocycles. The average Bonchev–Trinajstić information content (AvgIpc) is 2.83. The molecule has 0 saturated heterocycles. The fourth-order valence-corrected chi connectivity index (χ4v) is 3.71. The Hall–Kier alpha value is -3.46. The molecule has 0 radical (unpaired) electrons. The molecule has 0 heterocycles. The molecule has 0 saturated carbocycles. The highest BCUT2D eigenvalue weighted by atomic mass is 32.2. The van der Waals surface area contributed by atoms with Gasteiger partial charge in [0.25, 0.3) is 0 Å². The van der Waals surface area contributed by atoms with Gasteiger partial charge in [-0.3, -0.25) is 4.79 Å². The smallest absolute Gasteiger partial charge is 0.416 e. The molecule has 34 heavy (non-hydrogen) atoms. The molecule has 0 aromatic heterocycles. The zero-order valence-corrected chi connectivity index (χ0v) is 19.5. The molecular weight excluding hydrogens is 467 g/mol. The molecule has 3 aromatic rings. The summed E-state index contributed by atoms with van der Waals surface area (Å²) in [4.78, 5) is 18.5. The van der Waals surface area contributed by atoms with Gasteiger partial charge in [0.05, 0.1) is 25.5 Å². The van der Waals surface area contributed by atoms with E-state index in [1.807, 2.05) is 6.07 Å². The number of methoxy groups -OCH3 is 2. The fraction of sp³-hybridized carbons (Fsp3) is 0.200. The molecule has 0 spiro atoms. The quantitative estimate of drug-likeness (QED) is 0.203. The number of rotatable bonds is 8. The van der Waals surface area contributed by atoms with Crippen molar-refractivity contribution < 1.29 is 32.3 Å². The van der Waals surface area contributed by atoms with Gasteiger partial charge in [0.2, 0.25) is 5.12 Å². The van der Waals surface area contributed by atoms with Crippen LogP contribution in [0.1, 0.15) is 34.0 Å². The number of benzene rings is 3. The SMILES string of the molecule is COc1ccc(/C(C)=N/OCc2cccc(C(=O)Sc3ccc(C(F)(F)F)cc3)c2)cc1OC. The molecular formula is C25H22F3NO4S. The van der Waals surface area contributed by atoms with Crippen molar-refractivity contribution >= 4 is 22.6 Å². The lowest BCUT2D eigenvalue weighted by Crippen LogP contribution is -2.04. The summed E-state index contributed by atoms with van der Waals surface area (Å²) in [7, 11) is 3.11. The standard InChI is InChI=1S/C25H22F3NO4S/c1-16(18-7-12-22(31-2)23(14-18)32-3)29-33-15-17-5-4-6-19(13-17)24(30)34-21-10-8-20(9-11-21)25(26,27)28/h4-14H,15H2,1-3H3/b29-16+. The van der Waals surface area contributed by atoms with Gasteiger partial charge in [-0.2, -0.15) is 13.2 Å². The van der Waals surface area contributed by atoms with Crippen molar-refractivity contribution in [3.8, 4) is 11.5 Å². The first-order chi connectivity index (χ1) is 16.2.